The molecule has 152 valence electrons. The van der Waals surface area contributed by atoms with Crippen molar-refractivity contribution in [2.75, 3.05) is 16.8 Å². The number of fused-ring (bicyclic) bond motifs is 7. The molecule has 3 amide bonds. The SMILES string of the molecule is O=C1C2C3CCCN3C3(C(=O)Nc4c(Cl)cccc43)C2C(=O)N1c1ccccc1F. The molecular formula is C22H17ClFN3O3. The summed E-state index contributed by atoms with van der Waals surface area (Å²) < 4.78 is 14.5. The molecule has 3 saturated heterocycles. The van der Waals surface area contributed by atoms with Crippen LogP contribution in [0.25, 0.3) is 0 Å². The highest BCUT2D eigenvalue weighted by atomic mass is 35.5. The fourth-order valence-corrected chi connectivity index (χ4v) is 6.29. The summed E-state index contributed by atoms with van der Waals surface area (Å²) in [6.07, 6.45) is 1.52. The molecule has 1 spiro atoms. The van der Waals surface area contributed by atoms with E-state index in [-0.39, 0.29) is 17.6 Å². The lowest BCUT2D eigenvalue weighted by Crippen LogP contribution is -2.54. The summed E-state index contributed by atoms with van der Waals surface area (Å²) in [5.74, 6) is -3.58. The van der Waals surface area contributed by atoms with Crippen molar-refractivity contribution in [1.29, 1.82) is 0 Å². The second-order valence-corrected chi connectivity index (χ2v) is 8.66. The predicted octanol–water partition coefficient (Wildman–Crippen LogP) is 2.91. The first-order chi connectivity index (χ1) is 14.5. The minimum absolute atomic E-state index is 0.0636. The van der Waals surface area contributed by atoms with Gasteiger partial charge in [-0.15, -0.1) is 0 Å². The number of carbonyl (C=O) groups is 3. The summed E-state index contributed by atoms with van der Waals surface area (Å²) in [7, 11) is 0. The molecule has 30 heavy (non-hydrogen) atoms. The normalized spacial score (nSPS) is 32.0. The molecule has 0 saturated carbocycles. The average molecular weight is 426 g/mol. The number of anilines is 2. The van der Waals surface area contributed by atoms with Crippen LogP contribution in [-0.4, -0.2) is 35.2 Å². The second-order valence-electron chi connectivity index (χ2n) is 8.25. The Morgan fingerprint density at radius 3 is 2.67 bits per heavy atom. The topological polar surface area (TPSA) is 69.7 Å². The van der Waals surface area contributed by atoms with Gasteiger partial charge in [-0.25, -0.2) is 9.29 Å². The molecule has 4 aliphatic rings. The molecular weight excluding hydrogens is 409 g/mol. The Hall–Kier alpha value is -2.77. The van der Waals surface area contributed by atoms with Crippen LogP contribution < -0.4 is 10.2 Å². The molecule has 0 radical (unpaired) electrons. The molecule has 2 aromatic carbocycles. The van der Waals surface area contributed by atoms with Crippen LogP contribution in [0.1, 0.15) is 18.4 Å². The van der Waals surface area contributed by atoms with Crippen molar-refractivity contribution < 1.29 is 18.8 Å². The highest BCUT2D eigenvalue weighted by Gasteiger charge is 2.74. The summed E-state index contributed by atoms with van der Waals surface area (Å²) in [6, 6.07) is 10.7. The number of benzene rings is 2. The first-order valence-electron chi connectivity index (χ1n) is 9.97. The molecule has 8 heteroatoms. The summed E-state index contributed by atoms with van der Waals surface area (Å²) >= 11 is 6.35. The summed E-state index contributed by atoms with van der Waals surface area (Å²) in [4.78, 5) is 43.6. The van der Waals surface area contributed by atoms with Crippen molar-refractivity contribution in [1.82, 2.24) is 4.90 Å². The molecule has 3 fully saturated rings. The van der Waals surface area contributed by atoms with Crippen molar-refractivity contribution in [3.8, 4) is 0 Å². The molecule has 6 nitrogen and oxygen atoms in total. The first-order valence-corrected chi connectivity index (χ1v) is 10.3. The summed E-state index contributed by atoms with van der Waals surface area (Å²) in [5, 5.41) is 3.24. The van der Waals surface area contributed by atoms with E-state index in [0.29, 0.717) is 29.2 Å². The Morgan fingerprint density at radius 2 is 1.87 bits per heavy atom. The number of hydrogen-bond acceptors (Lipinski definition) is 4. The number of nitrogens with one attached hydrogen (secondary N) is 1. The van der Waals surface area contributed by atoms with Crippen LogP contribution in [0.2, 0.25) is 5.02 Å². The van der Waals surface area contributed by atoms with E-state index in [4.69, 9.17) is 11.6 Å². The number of halogens is 2. The molecule has 2 aromatic rings. The zero-order chi connectivity index (χ0) is 20.8. The van der Waals surface area contributed by atoms with Gasteiger partial charge in [0.2, 0.25) is 11.8 Å². The Kier molecular flexibility index (Phi) is 3.54. The van der Waals surface area contributed by atoms with Crippen LogP contribution in [0.4, 0.5) is 15.8 Å². The molecule has 0 aliphatic carbocycles. The van der Waals surface area contributed by atoms with Gasteiger partial charge in [0.25, 0.3) is 5.91 Å². The van der Waals surface area contributed by atoms with Gasteiger partial charge in [-0.3, -0.25) is 19.3 Å². The highest BCUT2D eigenvalue weighted by molar-refractivity contribution is 6.35. The summed E-state index contributed by atoms with van der Waals surface area (Å²) in [6.45, 7) is 0.608. The fourth-order valence-electron chi connectivity index (χ4n) is 6.06. The van der Waals surface area contributed by atoms with Crippen LogP contribution >= 0.6 is 11.6 Å². The van der Waals surface area contributed by atoms with Crippen molar-refractivity contribution >= 4 is 40.7 Å². The van der Waals surface area contributed by atoms with E-state index < -0.39 is 35.0 Å². The maximum atomic E-state index is 14.5. The van der Waals surface area contributed by atoms with Crippen LogP contribution in [0.3, 0.4) is 0 Å². The minimum Gasteiger partial charge on any atom is -0.323 e. The number of carbonyl (C=O) groups excluding carboxylic acids is 3. The third-order valence-corrected chi connectivity index (χ3v) is 7.39. The number of rotatable bonds is 1. The second kappa shape index (κ2) is 5.89. The van der Waals surface area contributed by atoms with Crippen LogP contribution in [0.5, 0.6) is 0 Å². The maximum Gasteiger partial charge on any atom is 0.250 e. The number of nitrogens with zero attached hydrogens (tertiary/aromatic N) is 2. The Bertz CT molecular complexity index is 1150. The van der Waals surface area contributed by atoms with Crippen molar-refractivity contribution in [2.24, 2.45) is 11.8 Å². The molecule has 4 heterocycles. The largest absolute Gasteiger partial charge is 0.323 e. The third kappa shape index (κ3) is 1.90. The van der Waals surface area contributed by atoms with Gasteiger partial charge in [0.05, 0.1) is 28.2 Å². The quantitative estimate of drug-likeness (QED) is 0.713. The molecule has 4 aliphatic heterocycles. The standard InChI is InChI=1S/C22H17ClFN3O3/c23-12-6-3-5-11-18(12)25-21(30)22(11)17-16(15-9-4-10-26(15)22)19(28)27(20(17)29)14-8-2-1-7-13(14)24/h1-3,5-8,15-17H,4,9-10H2,(H,25,30). The van der Waals surface area contributed by atoms with E-state index in [0.717, 1.165) is 11.3 Å². The highest BCUT2D eigenvalue weighted by Crippen LogP contribution is 2.61. The Balaban J connectivity index is 1.59. The molecule has 0 bridgehead atoms. The molecule has 6 rings (SSSR count). The van der Waals surface area contributed by atoms with E-state index in [9.17, 15) is 18.8 Å². The van der Waals surface area contributed by atoms with Crippen LogP contribution in [0.15, 0.2) is 42.5 Å². The molecule has 0 aromatic heterocycles. The summed E-state index contributed by atoms with van der Waals surface area (Å²) in [5.41, 5.74) is -0.263. The lowest BCUT2D eigenvalue weighted by Gasteiger charge is -2.36. The van der Waals surface area contributed by atoms with Gasteiger partial charge in [-0.05, 0) is 37.6 Å². The monoisotopic (exact) mass is 425 g/mol. The Morgan fingerprint density at radius 1 is 1.07 bits per heavy atom. The zero-order valence-electron chi connectivity index (χ0n) is 15.8. The van der Waals surface area contributed by atoms with E-state index in [1.165, 1.54) is 18.2 Å². The van der Waals surface area contributed by atoms with Gasteiger partial charge in [0, 0.05) is 11.6 Å². The van der Waals surface area contributed by atoms with E-state index in [2.05, 4.69) is 5.32 Å². The average Bonchev–Trinajstić information content (AvgIpc) is 3.42. The number of para-hydroxylation sites is 2. The van der Waals surface area contributed by atoms with Gasteiger partial charge in [-0.1, -0.05) is 35.9 Å². The van der Waals surface area contributed by atoms with Gasteiger partial charge < -0.3 is 5.32 Å². The third-order valence-electron chi connectivity index (χ3n) is 7.07. The lowest BCUT2D eigenvalue weighted by molar-refractivity contribution is -0.135. The smallest absolute Gasteiger partial charge is 0.250 e. The van der Waals surface area contributed by atoms with Crippen LogP contribution in [-0.2, 0) is 19.9 Å². The van der Waals surface area contributed by atoms with Gasteiger partial charge >= 0.3 is 0 Å². The zero-order valence-corrected chi connectivity index (χ0v) is 16.5. The number of amides is 3. The van der Waals surface area contributed by atoms with Crippen molar-refractivity contribution in [2.45, 2.75) is 24.4 Å². The van der Waals surface area contributed by atoms with Crippen molar-refractivity contribution in [3.05, 3.63) is 58.9 Å². The molecule has 4 atom stereocenters. The predicted molar refractivity (Wildman–Crippen MR) is 107 cm³/mol. The minimum atomic E-state index is -1.31. The van der Waals surface area contributed by atoms with Crippen LogP contribution in [0, 0.1) is 17.7 Å². The van der Waals surface area contributed by atoms with E-state index >= 15 is 0 Å². The van der Waals surface area contributed by atoms with Crippen molar-refractivity contribution in [3.63, 3.8) is 0 Å². The number of imide groups is 1. The van der Waals surface area contributed by atoms with Gasteiger partial charge in [-0.2, -0.15) is 0 Å². The first kappa shape index (κ1) is 18.0. The van der Waals surface area contributed by atoms with Gasteiger partial charge in [0.1, 0.15) is 11.4 Å². The maximum absolute atomic E-state index is 14.5. The fraction of sp³-hybridized carbons (Fsp3) is 0.318. The van der Waals surface area contributed by atoms with E-state index in [1.54, 1.807) is 24.3 Å². The van der Waals surface area contributed by atoms with Gasteiger partial charge in [0.15, 0.2) is 0 Å². The molecule has 1 N–H and O–H groups in total. The lowest BCUT2D eigenvalue weighted by atomic mass is 9.75. The number of hydrogen-bond donors (Lipinski definition) is 1. The molecule has 4 unspecified atom stereocenters. The van der Waals surface area contributed by atoms with E-state index in [1.807, 2.05) is 4.90 Å². The Labute approximate surface area is 176 Å².